The number of fused-ring (bicyclic) bond motifs is 1. The first-order chi connectivity index (χ1) is 9.74. The van der Waals surface area contributed by atoms with Gasteiger partial charge in [0.15, 0.2) is 0 Å². The number of carbonyl (C=O) groups excluding carboxylic acids is 2. The van der Waals surface area contributed by atoms with Gasteiger partial charge in [0.1, 0.15) is 0 Å². The summed E-state index contributed by atoms with van der Waals surface area (Å²) >= 11 is 0. The second kappa shape index (κ2) is 5.63. The minimum absolute atomic E-state index is 0.0232. The van der Waals surface area contributed by atoms with Crippen LogP contribution in [0.3, 0.4) is 0 Å². The molecule has 3 N–H and O–H groups in total. The fourth-order valence-electron chi connectivity index (χ4n) is 2.86. The highest BCUT2D eigenvalue weighted by Gasteiger charge is 2.22. The maximum atomic E-state index is 12.4. The molecule has 0 aromatic heterocycles. The van der Waals surface area contributed by atoms with Crippen molar-refractivity contribution in [3.8, 4) is 0 Å². The fourth-order valence-corrected chi connectivity index (χ4v) is 2.86. The largest absolute Gasteiger partial charge is 0.354 e. The Kier molecular flexibility index (Phi) is 3.69. The molecule has 0 spiro atoms. The second-order valence-electron chi connectivity index (χ2n) is 5.38. The number of carbonyl (C=O) groups is 2. The number of hydrogen-bond acceptors (Lipinski definition) is 3. The quantitative estimate of drug-likeness (QED) is 0.728. The average Bonchev–Trinajstić information content (AvgIpc) is 2.49. The number of hydrogen-bond donors (Lipinski definition) is 3. The van der Waals surface area contributed by atoms with Crippen molar-refractivity contribution in [2.75, 3.05) is 13.1 Å². The third-order valence-corrected chi connectivity index (χ3v) is 3.99. The van der Waals surface area contributed by atoms with Crippen LogP contribution in [0.1, 0.15) is 34.3 Å². The first kappa shape index (κ1) is 13.1. The summed E-state index contributed by atoms with van der Waals surface area (Å²) in [6.07, 6.45) is 2.09. The number of benzene rings is 1. The van der Waals surface area contributed by atoms with Crippen molar-refractivity contribution in [2.45, 2.75) is 31.8 Å². The Bertz CT molecular complexity index is 532. The predicted octanol–water partition coefficient (Wildman–Crippen LogP) is 0.341. The van der Waals surface area contributed by atoms with E-state index in [9.17, 15) is 9.59 Å². The molecule has 1 unspecified atom stereocenters. The minimum atomic E-state index is -0.0232. The van der Waals surface area contributed by atoms with Crippen LogP contribution in [-0.4, -0.2) is 30.9 Å². The monoisotopic (exact) mass is 273 g/mol. The Hall–Kier alpha value is -1.88. The van der Waals surface area contributed by atoms with E-state index in [2.05, 4.69) is 22.0 Å². The molecule has 2 aliphatic heterocycles. The summed E-state index contributed by atoms with van der Waals surface area (Å²) < 4.78 is 0. The summed E-state index contributed by atoms with van der Waals surface area (Å²) in [6.45, 7) is 2.27. The molecule has 1 aromatic rings. The molecule has 0 saturated carbocycles. The van der Waals surface area contributed by atoms with Crippen LogP contribution >= 0.6 is 0 Å². The van der Waals surface area contributed by atoms with Crippen LogP contribution in [0.25, 0.3) is 0 Å². The molecule has 106 valence electrons. The highest BCUT2D eigenvalue weighted by atomic mass is 16.2. The molecule has 0 aliphatic carbocycles. The van der Waals surface area contributed by atoms with Gasteiger partial charge in [-0.15, -0.1) is 0 Å². The van der Waals surface area contributed by atoms with Gasteiger partial charge in [-0.25, -0.2) is 0 Å². The Morgan fingerprint density at radius 3 is 3.00 bits per heavy atom. The van der Waals surface area contributed by atoms with Crippen LogP contribution in [0.5, 0.6) is 0 Å². The molecule has 2 amide bonds. The van der Waals surface area contributed by atoms with Gasteiger partial charge < -0.3 is 16.0 Å². The van der Waals surface area contributed by atoms with Crippen LogP contribution in [-0.2, 0) is 17.8 Å². The van der Waals surface area contributed by atoms with Crippen molar-refractivity contribution in [3.05, 3.63) is 34.9 Å². The van der Waals surface area contributed by atoms with Gasteiger partial charge in [-0.2, -0.15) is 0 Å². The topological polar surface area (TPSA) is 70.2 Å². The summed E-state index contributed by atoms with van der Waals surface area (Å²) in [4.78, 5) is 23.5. The standard InChI is InChI=1S/C15H19N3O2/c19-14-5-4-11(9-17-14)18-15(20)13-3-1-2-10-8-16-7-6-12(10)13/h1-3,11,16H,4-9H2,(H,17,19)(H,18,20). The van der Waals surface area contributed by atoms with Crippen LogP contribution in [0, 0.1) is 0 Å². The number of amides is 2. The van der Waals surface area contributed by atoms with E-state index < -0.39 is 0 Å². The van der Waals surface area contributed by atoms with Gasteiger partial charge >= 0.3 is 0 Å². The minimum Gasteiger partial charge on any atom is -0.354 e. The lowest BCUT2D eigenvalue weighted by atomic mass is 9.94. The van der Waals surface area contributed by atoms with E-state index in [4.69, 9.17) is 0 Å². The molecule has 1 atom stereocenters. The summed E-state index contributed by atoms with van der Waals surface area (Å²) in [5, 5.41) is 9.13. The van der Waals surface area contributed by atoms with E-state index in [0.29, 0.717) is 19.4 Å². The average molecular weight is 273 g/mol. The van der Waals surface area contributed by atoms with Gasteiger partial charge in [-0.1, -0.05) is 12.1 Å². The number of rotatable bonds is 2. The smallest absolute Gasteiger partial charge is 0.251 e. The van der Waals surface area contributed by atoms with E-state index in [0.717, 1.165) is 30.6 Å². The van der Waals surface area contributed by atoms with Gasteiger partial charge in [0, 0.05) is 31.1 Å². The Balaban J connectivity index is 1.72. The van der Waals surface area contributed by atoms with Crippen molar-refractivity contribution in [2.24, 2.45) is 0 Å². The Morgan fingerprint density at radius 1 is 1.30 bits per heavy atom. The molecular formula is C15H19N3O2. The Morgan fingerprint density at radius 2 is 2.20 bits per heavy atom. The zero-order valence-electron chi connectivity index (χ0n) is 11.4. The number of nitrogens with one attached hydrogen (secondary N) is 3. The maximum Gasteiger partial charge on any atom is 0.251 e. The number of piperidine rings is 1. The third kappa shape index (κ3) is 2.67. The molecule has 20 heavy (non-hydrogen) atoms. The fraction of sp³-hybridized carbons (Fsp3) is 0.467. The normalized spacial score (nSPS) is 21.8. The molecule has 0 radical (unpaired) electrons. The lowest BCUT2D eigenvalue weighted by Gasteiger charge is -2.25. The Labute approximate surface area is 118 Å². The van der Waals surface area contributed by atoms with Gasteiger partial charge in [0.25, 0.3) is 5.91 Å². The van der Waals surface area contributed by atoms with Crippen molar-refractivity contribution in [1.29, 1.82) is 0 Å². The van der Waals surface area contributed by atoms with Crippen LogP contribution in [0.4, 0.5) is 0 Å². The van der Waals surface area contributed by atoms with Crippen LogP contribution < -0.4 is 16.0 Å². The summed E-state index contributed by atoms with van der Waals surface area (Å²) in [6, 6.07) is 5.93. The van der Waals surface area contributed by atoms with E-state index in [-0.39, 0.29) is 17.9 Å². The van der Waals surface area contributed by atoms with Crippen LogP contribution in [0.2, 0.25) is 0 Å². The SMILES string of the molecule is O=C1CCC(NC(=O)c2cccc3c2CCNC3)CN1. The molecule has 3 rings (SSSR count). The maximum absolute atomic E-state index is 12.4. The van der Waals surface area contributed by atoms with Crippen LogP contribution in [0.15, 0.2) is 18.2 Å². The van der Waals surface area contributed by atoms with Gasteiger partial charge in [-0.3, -0.25) is 9.59 Å². The van der Waals surface area contributed by atoms with Crippen molar-refractivity contribution < 1.29 is 9.59 Å². The third-order valence-electron chi connectivity index (χ3n) is 3.99. The zero-order chi connectivity index (χ0) is 13.9. The highest BCUT2D eigenvalue weighted by Crippen LogP contribution is 2.19. The van der Waals surface area contributed by atoms with Gasteiger partial charge in [-0.05, 0) is 36.6 Å². The van der Waals surface area contributed by atoms with Gasteiger partial charge in [0.2, 0.25) is 5.91 Å². The zero-order valence-corrected chi connectivity index (χ0v) is 11.4. The van der Waals surface area contributed by atoms with Crippen molar-refractivity contribution in [1.82, 2.24) is 16.0 Å². The van der Waals surface area contributed by atoms with E-state index in [1.54, 1.807) is 0 Å². The van der Waals surface area contributed by atoms with E-state index >= 15 is 0 Å². The molecule has 2 heterocycles. The molecule has 1 aromatic carbocycles. The molecular weight excluding hydrogens is 254 g/mol. The highest BCUT2D eigenvalue weighted by molar-refractivity contribution is 5.96. The molecule has 5 heteroatoms. The van der Waals surface area contributed by atoms with Gasteiger partial charge in [0.05, 0.1) is 0 Å². The first-order valence-corrected chi connectivity index (χ1v) is 7.13. The summed E-state index contributed by atoms with van der Waals surface area (Å²) in [5.41, 5.74) is 3.14. The second-order valence-corrected chi connectivity index (χ2v) is 5.38. The van der Waals surface area contributed by atoms with Crippen molar-refractivity contribution in [3.63, 3.8) is 0 Å². The van der Waals surface area contributed by atoms with E-state index in [1.807, 2.05) is 12.1 Å². The lowest BCUT2D eigenvalue weighted by molar-refractivity contribution is -0.122. The van der Waals surface area contributed by atoms with E-state index in [1.165, 1.54) is 5.56 Å². The molecule has 1 saturated heterocycles. The molecule has 0 bridgehead atoms. The lowest BCUT2D eigenvalue weighted by Crippen LogP contribution is -2.48. The summed E-state index contributed by atoms with van der Waals surface area (Å²) in [5.74, 6) is 0.0450. The van der Waals surface area contributed by atoms with Crippen molar-refractivity contribution >= 4 is 11.8 Å². The predicted molar refractivity (Wildman–Crippen MR) is 75.4 cm³/mol. The molecule has 5 nitrogen and oxygen atoms in total. The molecule has 1 fully saturated rings. The summed E-state index contributed by atoms with van der Waals surface area (Å²) in [7, 11) is 0. The molecule has 2 aliphatic rings. The first-order valence-electron chi connectivity index (χ1n) is 7.13.